The molecule has 1 rings (SSSR count). The molecule has 0 fully saturated rings. The van der Waals surface area contributed by atoms with Gasteiger partial charge in [-0.3, -0.25) is 4.98 Å². The largest absolute Gasteiger partial charge is 0.492 e. The van der Waals surface area contributed by atoms with E-state index in [0.717, 1.165) is 36.9 Å². The van der Waals surface area contributed by atoms with E-state index in [1.54, 1.807) is 0 Å². The minimum absolute atomic E-state index is 0.485. The van der Waals surface area contributed by atoms with Crippen LogP contribution in [0.15, 0.2) is 18.3 Å². The topological polar surface area (TPSA) is 34.1 Å². The molecule has 0 radical (unpaired) electrons. The summed E-state index contributed by atoms with van der Waals surface area (Å²) in [4.78, 5) is 4.38. The maximum absolute atomic E-state index is 5.65. The molecule has 1 aromatic rings. The Morgan fingerprint density at radius 3 is 2.56 bits per heavy atom. The van der Waals surface area contributed by atoms with Crippen LogP contribution in [0, 0.1) is 5.92 Å². The van der Waals surface area contributed by atoms with E-state index >= 15 is 0 Å². The van der Waals surface area contributed by atoms with Gasteiger partial charge in [-0.05, 0) is 30.9 Å². The van der Waals surface area contributed by atoms with Crippen LogP contribution < -0.4 is 10.1 Å². The monoisotopic (exact) mass is 250 g/mol. The maximum Gasteiger partial charge on any atom is 0.137 e. The summed E-state index contributed by atoms with van der Waals surface area (Å²) in [6.07, 6.45) is 4.13. The maximum atomic E-state index is 5.65. The summed E-state index contributed by atoms with van der Waals surface area (Å²) < 4.78 is 5.65. The Morgan fingerprint density at radius 1 is 1.22 bits per heavy atom. The summed E-state index contributed by atoms with van der Waals surface area (Å²) in [7, 11) is 0. The second-order valence-electron chi connectivity index (χ2n) is 5.41. The predicted octanol–water partition coefficient (Wildman–Crippen LogP) is 3.39. The molecule has 0 spiro atoms. The third kappa shape index (κ3) is 6.60. The molecule has 0 aromatic carbocycles. The molecule has 0 aliphatic rings. The van der Waals surface area contributed by atoms with Gasteiger partial charge in [0.05, 0.1) is 18.5 Å². The van der Waals surface area contributed by atoms with E-state index in [0.29, 0.717) is 6.04 Å². The third-order valence-corrected chi connectivity index (χ3v) is 2.68. The van der Waals surface area contributed by atoms with Gasteiger partial charge in [0.2, 0.25) is 0 Å². The molecule has 3 nitrogen and oxygen atoms in total. The minimum Gasteiger partial charge on any atom is -0.492 e. The van der Waals surface area contributed by atoms with Crippen LogP contribution >= 0.6 is 0 Å². The van der Waals surface area contributed by atoms with Crippen molar-refractivity contribution < 1.29 is 4.74 Å². The first-order valence-corrected chi connectivity index (χ1v) is 6.89. The highest BCUT2D eigenvalue weighted by atomic mass is 16.5. The van der Waals surface area contributed by atoms with Crippen LogP contribution in [0.3, 0.4) is 0 Å². The molecule has 1 N–H and O–H groups in total. The molecular formula is C15H26N2O. The number of hydrogen-bond donors (Lipinski definition) is 1. The van der Waals surface area contributed by atoms with Crippen LogP contribution in [0.5, 0.6) is 5.75 Å². The SMILES string of the molecule is CC(C)CCCOc1ccc(CNC(C)C)nc1. The highest BCUT2D eigenvalue weighted by Crippen LogP contribution is 2.11. The van der Waals surface area contributed by atoms with Gasteiger partial charge in [0, 0.05) is 12.6 Å². The van der Waals surface area contributed by atoms with E-state index in [9.17, 15) is 0 Å². The van der Waals surface area contributed by atoms with Crippen molar-refractivity contribution in [2.45, 2.75) is 53.1 Å². The standard InChI is InChI=1S/C15H26N2O/c1-12(2)6-5-9-18-15-8-7-14(17-11-15)10-16-13(3)4/h7-8,11-13,16H,5-6,9-10H2,1-4H3. The van der Waals surface area contributed by atoms with Crippen LogP contribution in [0.4, 0.5) is 0 Å². The Hall–Kier alpha value is -1.09. The highest BCUT2D eigenvalue weighted by molar-refractivity contribution is 5.19. The molecule has 0 saturated heterocycles. The van der Waals surface area contributed by atoms with Crippen LogP contribution in [-0.2, 0) is 6.54 Å². The molecule has 102 valence electrons. The lowest BCUT2D eigenvalue weighted by Crippen LogP contribution is -2.22. The number of hydrogen-bond acceptors (Lipinski definition) is 3. The van der Waals surface area contributed by atoms with Gasteiger partial charge < -0.3 is 10.1 Å². The van der Waals surface area contributed by atoms with Crippen molar-refractivity contribution in [3.8, 4) is 5.75 Å². The van der Waals surface area contributed by atoms with E-state index in [4.69, 9.17) is 4.74 Å². The van der Waals surface area contributed by atoms with Gasteiger partial charge >= 0.3 is 0 Å². The van der Waals surface area contributed by atoms with Crippen molar-refractivity contribution in [3.63, 3.8) is 0 Å². The van der Waals surface area contributed by atoms with E-state index in [1.165, 1.54) is 6.42 Å². The molecule has 1 heterocycles. The average molecular weight is 250 g/mol. The molecule has 1 aromatic heterocycles. The predicted molar refractivity (Wildman–Crippen MR) is 75.8 cm³/mol. The molecule has 0 bridgehead atoms. The Morgan fingerprint density at radius 2 is 2.00 bits per heavy atom. The summed E-state index contributed by atoms with van der Waals surface area (Å²) in [5.41, 5.74) is 1.05. The van der Waals surface area contributed by atoms with Crippen LogP contribution in [0.1, 0.15) is 46.2 Å². The number of aromatic nitrogens is 1. The second kappa shape index (κ2) is 8.09. The van der Waals surface area contributed by atoms with Crippen molar-refractivity contribution in [2.75, 3.05) is 6.61 Å². The minimum atomic E-state index is 0.485. The number of ether oxygens (including phenoxy) is 1. The van der Waals surface area contributed by atoms with E-state index in [2.05, 4.69) is 38.0 Å². The molecule has 0 amide bonds. The highest BCUT2D eigenvalue weighted by Gasteiger charge is 1.99. The first-order valence-electron chi connectivity index (χ1n) is 6.89. The van der Waals surface area contributed by atoms with Crippen molar-refractivity contribution in [3.05, 3.63) is 24.0 Å². The number of pyridine rings is 1. The van der Waals surface area contributed by atoms with Gasteiger partial charge in [-0.15, -0.1) is 0 Å². The Bertz CT molecular complexity index is 320. The molecule has 0 aliphatic carbocycles. The van der Waals surface area contributed by atoms with Crippen LogP contribution in [0.25, 0.3) is 0 Å². The summed E-state index contributed by atoms with van der Waals surface area (Å²) in [5.74, 6) is 1.61. The molecule has 0 saturated carbocycles. The zero-order valence-electron chi connectivity index (χ0n) is 12.1. The summed E-state index contributed by atoms with van der Waals surface area (Å²) in [6, 6.07) is 4.51. The van der Waals surface area contributed by atoms with Gasteiger partial charge in [-0.25, -0.2) is 0 Å². The fraction of sp³-hybridized carbons (Fsp3) is 0.667. The van der Waals surface area contributed by atoms with Crippen molar-refractivity contribution in [1.29, 1.82) is 0 Å². The summed E-state index contributed by atoms with van der Waals surface area (Å²) >= 11 is 0. The first kappa shape index (κ1) is 15.0. The zero-order valence-corrected chi connectivity index (χ0v) is 12.1. The lowest BCUT2D eigenvalue weighted by Gasteiger charge is -2.09. The fourth-order valence-corrected chi connectivity index (χ4v) is 1.59. The lowest BCUT2D eigenvalue weighted by atomic mass is 10.1. The Labute approximate surface area is 111 Å². The van der Waals surface area contributed by atoms with Crippen LogP contribution in [0.2, 0.25) is 0 Å². The summed E-state index contributed by atoms with van der Waals surface area (Å²) in [5, 5.41) is 3.34. The van der Waals surface area contributed by atoms with Crippen LogP contribution in [-0.4, -0.2) is 17.6 Å². The number of nitrogens with zero attached hydrogens (tertiary/aromatic N) is 1. The normalized spacial score (nSPS) is 11.2. The lowest BCUT2D eigenvalue weighted by molar-refractivity contribution is 0.296. The number of nitrogens with one attached hydrogen (secondary N) is 1. The van der Waals surface area contributed by atoms with E-state index < -0.39 is 0 Å². The van der Waals surface area contributed by atoms with Gasteiger partial charge in [0.25, 0.3) is 0 Å². The molecule has 0 atom stereocenters. The van der Waals surface area contributed by atoms with E-state index in [-0.39, 0.29) is 0 Å². The van der Waals surface area contributed by atoms with Gasteiger partial charge in [0.15, 0.2) is 0 Å². The average Bonchev–Trinajstić information content (AvgIpc) is 2.33. The molecule has 0 unspecified atom stereocenters. The van der Waals surface area contributed by atoms with E-state index in [1.807, 2.05) is 18.3 Å². The molecular weight excluding hydrogens is 224 g/mol. The Balaban J connectivity index is 2.27. The Kier molecular flexibility index (Phi) is 6.73. The quantitative estimate of drug-likeness (QED) is 0.718. The third-order valence-electron chi connectivity index (χ3n) is 2.68. The first-order chi connectivity index (χ1) is 8.58. The summed E-state index contributed by atoms with van der Waals surface area (Å²) in [6.45, 7) is 10.3. The van der Waals surface area contributed by atoms with Gasteiger partial charge in [-0.2, -0.15) is 0 Å². The molecule has 0 aliphatic heterocycles. The fourth-order valence-electron chi connectivity index (χ4n) is 1.59. The zero-order chi connectivity index (χ0) is 13.4. The molecule has 18 heavy (non-hydrogen) atoms. The van der Waals surface area contributed by atoms with Crippen molar-refractivity contribution in [1.82, 2.24) is 10.3 Å². The van der Waals surface area contributed by atoms with Crippen molar-refractivity contribution in [2.24, 2.45) is 5.92 Å². The molecule has 3 heteroatoms. The second-order valence-corrected chi connectivity index (χ2v) is 5.41. The van der Waals surface area contributed by atoms with Crippen molar-refractivity contribution >= 4 is 0 Å². The van der Waals surface area contributed by atoms with Gasteiger partial charge in [-0.1, -0.05) is 27.7 Å². The van der Waals surface area contributed by atoms with Gasteiger partial charge in [0.1, 0.15) is 5.75 Å². The number of rotatable bonds is 8. The smallest absolute Gasteiger partial charge is 0.137 e.